The number of nitrogens with one attached hydrogen (secondary N) is 2. The Morgan fingerprint density at radius 1 is 1.10 bits per heavy atom. The second-order valence-corrected chi connectivity index (χ2v) is 11.5. The van der Waals surface area contributed by atoms with E-state index in [1.165, 1.54) is 16.1 Å². The summed E-state index contributed by atoms with van der Waals surface area (Å²) in [5.74, 6) is 1.63. The molecule has 0 atom stereocenters. The van der Waals surface area contributed by atoms with Gasteiger partial charge in [-0.2, -0.15) is 0 Å². The van der Waals surface area contributed by atoms with Crippen LogP contribution in [0.2, 0.25) is 0 Å². The fourth-order valence-corrected chi connectivity index (χ4v) is 5.88. The summed E-state index contributed by atoms with van der Waals surface area (Å²) in [7, 11) is 0. The fourth-order valence-electron chi connectivity index (χ4n) is 4.19. The molecule has 1 aromatic carbocycles. The summed E-state index contributed by atoms with van der Waals surface area (Å²) in [6.07, 6.45) is 9.11. The third kappa shape index (κ3) is 9.71. The van der Waals surface area contributed by atoms with Crippen molar-refractivity contribution in [3.63, 3.8) is 0 Å². The number of benzene rings is 1. The number of aromatic nitrogens is 1. The van der Waals surface area contributed by atoms with Gasteiger partial charge in [-0.15, -0.1) is 0 Å². The van der Waals surface area contributed by atoms with E-state index in [9.17, 15) is 4.79 Å². The van der Waals surface area contributed by atoms with E-state index in [-0.39, 0.29) is 5.91 Å². The largest absolute Gasteiger partial charge is 0.492 e. The Morgan fingerprint density at radius 2 is 1.87 bits per heavy atom. The van der Waals surface area contributed by atoms with Gasteiger partial charge in [-0.3, -0.25) is 4.79 Å². The second kappa shape index (κ2) is 17.4. The van der Waals surface area contributed by atoms with Gasteiger partial charge >= 0.3 is 0 Å². The van der Waals surface area contributed by atoms with Crippen molar-refractivity contribution in [1.29, 1.82) is 0 Å². The number of allylic oxidation sites excluding steroid dienone is 3. The maximum Gasteiger partial charge on any atom is 0.256 e. The van der Waals surface area contributed by atoms with Crippen LogP contribution in [0.15, 0.2) is 56.0 Å². The van der Waals surface area contributed by atoms with Gasteiger partial charge < -0.3 is 15.4 Å². The fraction of sp³-hybridized carbons (Fsp3) is 0.500. The summed E-state index contributed by atoms with van der Waals surface area (Å²) in [6, 6.07) is 7.80. The summed E-state index contributed by atoms with van der Waals surface area (Å²) in [5.41, 5.74) is 5.41. The predicted octanol–water partition coefficient (Wildman–Crippen LogP) is 9.79. The number of thioether (sulfide) groups is 1. The number of hydrogen-bond acceptors (Lipinski definition) is 5. The van der Waals surface area contributed by atoms with Crippen LogP contribution in [0, 0.1) is 0 Å². The van der Waals surface area contributed by atoms with E-state index < -0.39 is 0 Å². The molecule has 1 aliphatic heterocycles. The lowest BCUT2D eigenvalue weighted by molar-refractivity contribution is 0.0968. The number of rotatable bonds is 13. The molecule has 1 amide bonds. The molecule has 0 aliphatic carbocycles. The van der Waals surface area contributed by atoms with Crippen LogP contribution in [0.5, 0.6) is 5.75 Å². The van der Waals surface area contributed by atoms with Crippen molar-refractivity contribution in [2.24, 2.45) is 0 Å². The predicted molar refractivity (Wildman–Crippen MR) is 171 cm³/mol. The van der Waals surface area contributed by atoms with Crippen molar-refractivity contribution in [2.75, 3.05) is 11.9 Å². The molecule has 2 aromatic rings. The number of anilines is 1. The molecule has 214 valence electrons. The summed E-state index contributed by atoms with van der Waals surface area (Å²) in [6.45, 7) is 16.2. The second-order valence-electron chi connectivity index (χ2n) is 9.49. The lowest BCUT2D eigenvalue weighted by atomic mass is 10.1. The van der Waals surface area contributed by atoms with Gasteiger partial charge in [-0.05, 0) is 83.6 Å². The highest BCUT2D eigenvalue weighted by molar-refractivity contribution is 9.10. The highest BCUT2D eigenvalue weighted by Crippen LogP contribution is 2.37. The molecule has 0 spiro atoms. The van der Waals surface area contributed by atoms with Crippen LogP contribution < -0.4 is 15.4 Å². The molecule has 0 unspecified atom stereocenters. The molecule has 39 heavy (non-hydrogen) atoms. The van der Waals surface area contributed by atoms with E-state index >= 15 is 0 Å². The molecule has 5 nitrogen and oxygen atoms in total. The highest BCUT2D eigenvalue weighted by atomic mass is 79.9. The van der Waals surface area contributed by atoms with Crippen molar-refractivity contribution in [2.45, 2.75) is 100.0 Å². The first-order chi connectivity index (χ1) is 18.9. The number of nitrogens with zero attached hydrogens (tertiary/aromatic N) is 1. The summed E-state index contributed by atoms with van der Waals surface area (Å²) >= 11 is 5.26. The van der Waals surface area contributed by atoms with Crippen molar-refractivity contribution in [1.82, 2.24) is 10.3 Å². The number of unbranched alkanes of at least 4 members (excludes halogenated alkanes) is 1. The Balaban J connectivity index is 0.00000260. The van der Waals surface area contributed by atoms with Crippen LogP contribution in [0.25, 0.3) is 0 Å². The lowest BCUT2D eigenvalue weighted by Gasteiger charge is -2.17. The molecular weight excluding hydrogens is 570 g/mol. The van der Waals surface area contributed by atoms with E-state index in [2.05, 4.69) is 66.2 Å². The molecule has 0 fully saturated rings. The summed E-state index contributed by atoms with van der Waals surface area (Å²) in [5, 5.41) is 7.64. The third-order valence-electron chi connectivity index (χ3n) is 6.56. The highest BCUT2D eigenvalue weighted by Gasteiger charge is 2.20. The van der Waals surface area contributed by atoms with Gasteiger partial charge in [0.05, 0.1) is 16.1 Å². The molecule has 0 bridgehead atoms. The Kier molecular flexibility index (Phi) is 14.7. The molecule has 0 saturated heterocycles. The van der Waals surface area contributed by atoms with Crippen molar-refractivity contribution >= 4 is 39.4 Å². The van der Waals surface area contributed by atoms with Gasteiger partial charge in [0.15, 0.2) is 0 Å². The maximum atomic E-state index is 13.4. The van der Waals surface area contributed by atoms with Gasteiger partial charge in [0.2, 0.25) is 0 Å². The number of pyridine rings is 1. The summed E-state index contributed by atoms with van der Waals surface area (Å²) in [4.78, 5) is 19.3. The van der Waals surface area contributed by atoms with Gasteiger partial charge in [0, 0.05) is 30.3 Å². The van der Waals surface area contributed by atoms with Gasteiger partial charge in [-0.25, -0.2) is 4.98 Å². The Labute approximate surface area is 248 Å². The van der Waals surface area contributed by atoms with Gasteiger partial charge in [0.25, 0.3) is 5.91 Å². The smallest absolute Gasteiger partial charge is 0.256 e. The van der Waals surface area contributed by atoms with Crippen LogP contribution >= 0.6 is 27.7 Å². The number of hydrogen-bond donors (Lipinski definition) is 2. The molecule has 3 rings (SSSR count). The minimum absolute atomic E-state index is 0.0730. The molecule has 7 heteroatoms. The zero-order valence-electron chi connectivity index (χ0n) is 24.8. The minimum atomic E-state index is -0.0730. The molecule has 2 heterocycles. The third-order valence-corrected chi connectivity index (χ3v) is 8.58. The first-order valence-electron chi connectivity index (χ1n) is 14.4. The topological polar surface area (TPSA) is 63.2 Å². The van der Waals surface area contributed by atoms with Crippen LogP contribution in [0.3, 0.4) is 0 Å². The van der Waals surface area contributed by atoms with Crippen LogP contribution in [-0.2, 0) is 13.0 Å². The zero-order valence-corrected chi connectivity index (χ0v) is 27.2. The summed E-state index contributed by atoms with van der Waals surface area (Å²) < 4.78 is 6.61. The van der Waals surface area contributed by atoms with Crippen molar-refractivity contribution in [3.8, 4) is 5.75 Å². The molecular formula is C32H46BrN3O2S. The number of fused-ring (bicyclic) bond motifs is 1. The molecule has 1 aromatic heterocycles. The van der Waals surface area contributed by atoms with E-state index in [1.54, 1.807) is 18.0 Å². The van der Waals surface area contributed by atoms with Crippen molar-refractivity contribution < 1.29 is 9.53 Å². The number of amides is 1. The first kappa shape index (κ1) is 33.0. The number of carbonyl (C=O) groups is 1. The Morgan fingerprint density at radius 3 is 2.56 bits per heavy atom. The maximum absolute atomic E-state index is 13.4. The van der Waals surface area contributed by atoms with Crippen LogP contribution in [-0.4, -0.2) is 17.5 Å². The molecule has 0 radical (unpaired) electrons. The number of carbonyl (C=O) groups excluding carboxylic acids is 1. The van der Waals surface area contributed by atoms with Crippen molar-refractivity contribution in [3.05, 3.63) is 72.7 Å². The monoisotopic (exact) mass is 615 g/mol. The standard InChI is InChI=1S/C30H40BrN3O2S.C2H6/c1-6-9-14-26(21(5)11-7-2)37-30(20(4)8-3)34-29(35)23-13-10-12-22(17-23)18-32-28-24-15-16-36-27(24)25(31)19-33-28;1-2/h10,12-13,17,19H,6-9,11,14-16,18H2,1-5H3,(H,32,33)(H,34,35);1-2H3/b26-21+,30-20?;. The Bertz CT molecular complexity index is 1160. The van der Waals surface area contributed by atoms with Gasteiger partial charge in [-0.1, -0.05) is 76.9 Å². The molecule has 1 aliphatic rings. The number of ether oxygens (including phenoxy) is 1. The SMILES string of the molecule is CC.CCCC/C(SC(NC(=O)c1cccc(CNc2ncc(Br)c3c2CCO3)c1)=C(C)CC)=C(/C)CCC. The molecule has 0 saturated carbocycles. The first-order valence-corrected chi connectivity index (χ1v) is 16.0. The zero-order chi connectivity index (χ0) is 28.8. The lowest BCUT2D eigenvalue weighted by Crippen LogP contribution is -2.23. The van der Waals surface area contributed by atoms with Gasteiger partial charge in [0.1, 0.15) is 11.6 Å². The number of halogens is 1. The normalized spacial score (nSPS) is 13.3. The van der Waals surface area contributed by atoms with E-state index in [0.29, 0.717) is 18.7 Å². The minimum Gasteiger partial charge on any atom is -0.492 e. The quantitative estimate of drug-likeness (QED) is 0.235. The molecule has 2 N–H and O–H groups in total. The van der Waals surface area contributed by atoms with Crippen LogP contribution in [0.1, 0.15) is 108 Å². The average Bonchev–Trinajstić information content (AvgIpc) is 3.46. The van der Waals surface area contributed by atoms with E-state index in [0.717, 1.165) is 77.1 Å². The van der Waals surface area contributed by atoms with Crippen LogP contribution in [0.4, 0.5) is 5.82 Å². The Hall–Kier alpha value is -2.25. The van der Waals surface area contributed by atoms with E-state index in [4.69, 9.17) is 4.74 Å². The van der Waals surface area contributed by atoms with E-state index in [1.807, 2.05) is 38.1 Å². The average molecular weight is 617 g/mol.